The molecule has 2 heteroatoms. The number of fused-ring (bicyclic) bond motifs is 1. The summed E-state index contributed by atoms with van der Waals surface area (Å²) in [4.78, 5) is 1.35. The first-order valence-electron chi connectivity index (χ1n) is 5.39. The fourth-order valence-corrected chi connectivity index (χ4v) is 3.47. The van der Waals surface area contributed by atoms with Crippen molar-refractivity contribution in [3.63, 3.8) is 0 Å². The lowest BCUT2D eigenvalue weighted by Gasteiger charge is -2.02. The molecule has 0 saturated carbocycles. The number of benzene rings is 1. The van der Waals surface area contributed by atoms with E-state index in [0.717, 1.165) is 6.42 Å². The molecule has 0 aliphatic heterocycles. The van der Waals surface area contributed by atoms with Crippen LogP contribution in [0.15, 0.2) is 12.1 Å². The van der Waals surface area contributed by atoms with Crippen LogP contribution in [0.2, 0.25) is 0 Å². The quantitative estimate of drug-likeness (QED) is 0.821. The lowest BCUT2D eigenvalue weighted by Crippen LogP contribution is -1.96. The Kier molecular flexibility index (Phi) is 2.81. The molecular formula is C13H17NS. The van der Waals surface area contributed by atoms with Gasteiger partial charge >= 0.3 is 0 Å². The maximum absolute atomic E-state index is 5.80. The monoisotopic (exact) mass is 219 g/mol. The lowest BCUT2D eigenvalue weighted by molar-refractivity contribution is 1.05. The lowest BCUT2D eigenvalue weighted by atomic mass is 10.0. The standard InChI is InChI=1S/C13H17NS/c1-4-10-11(7-14)15-13-9(3)6-5-8(2)12(10)13/h5-6H,4,7,14H2,1-3H3. The summed E-state index contributed by atoms with van der Waals surface area (Å²) in [5.74, 6) is 0. The average Bonchev–Trinajstić information content (AvgIpc) is 2.63. The van der Waals surface area contributed by atoms with Gasteiger partial charge in [-0.3, -0.25) is 0 Å². The van der Waals surface area contributed by atoms with Crippen LogP contribution in [0.3, 0.4) is 0 Å². The first-order valence-corrected chi connectivity index (χ1v) is 6.21. The summed E-state index contributed by atoms with van der Waals surface area (Å²) in [6, 6.07) is 4.41. The molecule has 0 unspecified atom stereocenters. The van der Waals surface area contributed by atoms with Crippen molar-refractivity contribution in [2.24, 2.45) is 5.73 Å². The van der Waals surface area contributed by atoms with Gasteiger partial charge in [0.2, 0.25) is 0 Å². The van der Waals surface area contributed by atoms with E-state index in [4.69, 9.17) is 5.73 Å². The van der Waals surface area contributed by atoms with Crippen molar-refractivity contribution in [2.45, 2.75) is 33.7 Å². The van der Waals surface area contributed by atoms with E-state index in [0.29, 0.717) is 6.54 Å². The average molecular weight is 219 g/mol. The minimum atomic E-state index is 0.668. The summed E-state index contributed by atoms with van der Waals surface area (Å²) in [6.07, 6.45) is 1.08. The molecule has 1 nitrogen and oxygen atoms in total. The van der Waals surface area contributed by atoms with Gasteiger partial charge in [0.25, 0.3) is 0 Å². The van der Waals surface area contributed by atoms with Gasteiger partial charge in [-0.15, -0.1) is 11.3 Å². The third-order valence-corrected chi connectivity index (χ3v) is 4.36. The molecule has 0 spiro atoms. The molecule has 0 saturated heterocycles. The molecule has 2 aromatic rings. The van der Waals surface area contributed by atoms with Gasteiger partial charge in [0.1, 0.15) is 0 Å². The van der Waals surface area contributed by atoms with Gasteiger partial charge in [-0.05, 0) is 42.3 Å². The second kappa shape index (κ2) is 3.95. The van der Waals surface area contributed by atoms with E-state index in [1.807, 2.05) is 11.3 Å². The Morgan fingerprint density at radius 3 is 2.47 bits per heavy atom. The molecular weight excluding hydrogens is 202 g/mol. The van der Waals surface area contributed by atoms with Crippen LogP contribution in [0.1, 0.15) is 28.5 Å². The Balaban J connectivity index is 2.87. The van der Waals surface area contributed by atoms with Crippen LogP contribution in [-0.4, -0.2) is 0 Å². The zero-order chi connectivity index (χ0) is 11.0. The van der Waals surface area contributed by atoms with Gasteiger partial charge in [-0.25, -0.2) is 0 Å². The second-order valence-electron chi connectivity index (χ2n) is 3.96. The zero-order valence-corrected chi connectivity index (χ0v) is 10.4. The molecule has 0 amide bonds. The molecule has 2 N–H and O–H groups in total. The minimum absolute atomic E-state index is 0.668. The normalized spacial score (nSPS) is 11.2. The van der Waals surface area contributed by atoms with E-state index in [1.54, 1.807) is 0 Å². The highest BCUT2D eigenvalue weighted by atomic mass is 32.1. The fraction of sp³-hybridized carbons (Fsp3) is 0.385. The predicted molar refractivity (Wildman–Crippen MR) is 68.6 cm³/mol. The van der Waals surface area contributed by atoms with E-state index < -0.39 is 0 Å². The molecule has 0 atom stereocenters. The maximum Gasteiger partial charge on any atom is 0.0380 e. The second-order valence-corrected chi connectivity index (χ2v) is 5.07. The van der Waals surface area contributed by atoms with Crippen LogP contribution in [0.5, 0.6) is 0 Å². The zero-order valence-electron chi connectivity index (χ0n) is 9.55. The van der Waals surface area contributed by atoms with Crippen LogP contribution in [0, 0.1) is 13.8 Å². The molecule has 1 aromatic carbocycles. The van der Waals surface area contributed by atoms with Crippen molar-refractivity contribution in [1.29, 1.82) is 0 Å². The summed E-state index contributed by atoms with van der Waals surface area (Å²) in [7, 11) is 0. The minimum Gasteiger partial charge on any atom is -0.326 e. The molecule has 0 aliphatic rings. The van der Waals surface area contributed by atoms with E-state index in [-0.39, 0.29) is 0 Å². The highest BCUT2D eigenvalue weighted by Gasteiger charge is 2.12. The van der Waals surface area contributed by atoms with E-state index in [1.165, 1.54) is 31.7 Å². The molecule has 0 bridgehead atoms. The molecule has 2 rings (SSSR count). The molecule has 15 heavy (non-hydrogen) atoms. The first kappa shape index (κ1) is 10.7. The molecule has 0 aliphatic carbocycles. The SMILES string of the molecule is CCc1c(CN)sc2c(C)ccc(C)c12. The highest BCUT2D eigenvalue weighted by molar-refractivity contribution is 7.19. The molecule has 80 valence electrons. The van der Waals surface area contributed by atoms with Crippen molar-refractivity contribution in [3.05, 3.63) is 33.7 Å². The summed E-state index contributed by atoms with van der Waals surface area (Å²) < 4.78 is 1.42. The number of hydrogen-bond acceptors (Lipinski definition) is 2. The molecule has 1 heterocycles. The van der Waals surface area contributed by atoms with E-state index in [2.05, 4.69) is 32.9 Å². The number of thiophene rings is 1. The van der Waals surface area contributed by atoms with Gasteiger partial charge in [0, 0.05) is 16.1 Å². The molecule has 0 radical (unpaired) electrons. The largest absolute Gasteiger partial charge is 0.326 e. The summed E-state index contributed by atoms with van der Waals surface area (Å²) in [5, 5.41) is 1.45. The summed E-state index contributed by atoms with van der Waals surface area (Å²) in [6.45, 7) is 7.25. The Hall–Kier alpha value is -0.860. The Bertz CT molecular complexity index is 497. The fourth-order valence-electron chi connectivity index (χ4n) is 2.15. The number of hydrogen-bond donors (Lipinski definition) is 1. The molecule has 1 aromatic heterocycles. The maximum atomic E-state index is 5.80. The van der Waals surface area contributed by atoms with E-state index >= 15 is 0 Å². The van der Waals surface area contributed by atoms with E-state index in [9.17, 15) is 0 Å². The van der Waals surface area contributed by atoms with Crippen LogP contribution in [-0.2, 0) is 13.0 Å². The van der Waals surface area contributed by atoms with Crippen LogP contribution in [0.4, 0.5) is 0 Å². The number of nitrogens with two attached hydrogens (primary N) is 1. The van der Waals surface area contributed by atoms with Crippen LogP contribution in [0.25, 0.3) is 10.1 Å². The van der Waals surface area contributed by atoms with Crippen molar-refractivity contribution in [1.82, 2.24) is 0 Å². The van der Waals surface area contributed by atoms with Crippen molar-refractivity contribution in [2.75, 3.05) is 0 Å². The van der Waals surface area contributed by atoms with Gasteiger partial charge in [0.15, 0.2) is 0 Å². The Morgan fingerprint density at radius 2 is 1.87 bits per heavy atom. The van der Waals surface area contributed by atoms with Crippen molar-refractivity contribution >= 4 is 21.4 Å². The van der Waals surface area contributed by atoms with Crippen molar-refractivity contribution < 1.29 is 0 Å². The number of rotatable bonds is 2. The van der Waals surface area contributed by atoms with Crippen LogP contribution >= 0.6 is 11.3 Å². The van der Waals surface area contributed by atoms with Crippen LogP contribution < -0.4 is 5.73 Å². The summed E-state index contributed by atoms with van der Waals surface area (Å²) in [5.41, 5.74) is 10.0. The third-order valence-electron chi connectivity index (χ3n) is 2.97. The smallest absolute Gasteiger partial charge is 0.0380 e. The third kappa shape index (κ3) is 1.58. The molecule has 0 fully saturated rings. The highest BCUT2D eigenvalue weighted by Crippen LogP contribution is 2.35. The topological polar surface area (TPSA) is 26.0 Å². The first-order chi connectivity index (χ1) is 7.19. The summed E-state index contributed by atoms with van der Waals surface area (Å²) >= 11 is 1.86. The Labute approximate surface area is 94.9 Å². The van der Waals surface area contributed by atoms with Gasteiger partial charge in [-0.2, -0.15) is 0 Å². The van der Waals surface area contributed by atoms with Gasteiger partial charge in [-0.1, -0.05) is 19.1 Å². The Morgan fingerprint density at radius 1 is 1.20 bits per heavy atom. The van der Waals surface area contributed by atoms with Gasteiger partial charge < -0.3 is 5.73 Å². The predicted octanol–water partition coefficient (Wildman–Crippen LogP) is 3.54. The van der Waals surface area contributed by atoms with Gasteiger partial charge in [0.05, 0.1) is 0 Å². The number of aryl methyl sites for hydroxylation is 3. The van der Waals surface area contributed by atoms with Crippen molar-refractivity contribution in [3.8, 4) is 0 Å².